The van der Waals surface area contributed by atoms with Crippen LogP contribution in [0.4, 0.5) is 5.69 Å². The Labute approximate surface area is 171 Å². The minimum Gasteiger partial charge on any atom is -0.355 e. The highest BCUT2D eigenvalue weighted by Gasteiger charge is 2.31. The zero-order valence-corrected chi connectivity index (χ0v) is 16.9. The third-order valence-corrected chi connectivity index (χ3v) is 5.74. The van der Waals surface area contributed by atoms with Crippen molar-refractivity contribution in [2.75, 3.05) is 18.4 Å². The van der Waals surface area contributed by atoms with Crippen LogP contribution in [0.1, 0.15) is 26.2 Å². The average Bonchev–Trinajstić information content (AvgIpc) is 3.30. The molecule has 1 aliphatic carbocycles. The third-order valence-electron chi connectivity index (χ3n) is 5.74. The number of carbonyl (C=O) groups is 1. The van der Waals surface area contributed by atoms with Gasteiger partial charge in [0.25, 0.3) is 0 Å². The number of aryl methyl sites for hydroxylation is 1. The lowest BCUT2D eigenvalue weighted by atomic mass is 9.91. The van der Waals surface area contributed by atoms with Crippen molar-refractivity contribution in [3.63, 3.8) is 0 Å². The van der Waals surface area contributed by atoms with E-state index in [4.69, 9.17) is 5.26 Å². The van der Waals surface area contributed by atoms with Gasteiger partial charge in [0, 0.05) is 62.5 Å². The predicted octanol–water partition coefficient (Wildman–Crippen LogP) is 3.87. The van der Waals surface area contributed by atoms with Crippen molar-refractivity contribution in [2.24, 2.45) is 13.0 Å². The summed E-state index contributed by atoms with van der Waals surface area (Å²) in [6.45, 7) is 3.03. The fourth-order valence-electron chi connectivity index (χ4n) is 4.18. The number of nitrogens with zero attached hydrogens (tertiary/aromatic N) is 4. The molecule has 1 aliphatic heterocycles. The molecule has 0 saturated heterocycles. The Balaban J connectivity index is 1.55. The van der Waals surface area contributed by atoms with Crippen LogP contribution in [0.2, 0.25) is 0 Å². The van der Waals surface area contributed by atoms with Crippen LogP contribution < -0.4 is 5.32 Å². The first-order chi connectivity index (χ1) is 14.0. The molecule has 1 N–H and O–H groups in total. The summed E-state index contributed by atoms with van der Waals surface area (Å²) in [5.74, 6) is 0.396. The van der Waals surface area contributed by atoms with Gasteiger partial charge in [-0.05, 0) is 36.1 Å². The van der Waals surface area contributed by atoms with Gasteiger partial charge in [-0.1, -0.05) is 23.8 Å². The maximum absolute atomic E-state index is 11.9. The number of nitriles is 1. The summed E-state index contributed by atoms with van der Waals surface area (Å²) < 4.78 is 1.80. The number of rotatable bonds is 5. The molecule has 148 valence electrons. The van der Waals surface area contributed by atoms with Crippen molar-refractivity contribution in [3.8, 4) is 17.2 Å². The number of nitrogens with one attached hydrogen (secondary N) is 1. The van der Waals surface area contributed by atoms with Gasteiger partial charge in [0.05, 0.1) is 12.3 Å². The standard InChI is InChI=1S/C23H25N5O/c1-16(29)28-11-9-21-18(4-3-10-24)12-23(22(21)15-28)26-20-7-5-17(6-8-20)19-13-25-27(2)14-19/h5-8,12-14,18,26H,3-4,9,11,15H2,1-2H3. The van der Waals surface area contributed by atoms with Crippen LogP contribution in [0.15, 0.2) is 59.6 Å². The minimum absolute atomic E-state index is 0.109. The second-order valence-electron chi connectivity index (χ2n) is 7.68. The summed E-state index contributed by atoms with van der Waals surface area (Å²) in [7, 11) is 1.91. The largest absolute Gasteiger partial charge is 0.355 e. The van der Waals surface area contributed by atoms with Gasteiger partial charge in [-0.2, -0.15) is 10.4 Å². The molecule has 1 unspecified atom stereocenters. The minimum atomic E-state index is 0.109. The fourth-order valence-corrected chi connectivity index (χ4v) is 4.18. The Morgan fingerprint density at radius 2 is 2.10 bits per heavy atom. The van der Waals surface area contributed by atoms with Gasteiger partial charge in [0.1, 0.15) is 0 Å². The van der Waals surface area contributed by atoms with Gasteiger partial charge in [-0.25, -0.2) is 0 Å². The first-order valence-corrected chi connectivity index (χ1v) is 9.98. The molecule has 4 rings (SSSR count). The second-order valence-corrected chi connectivity index (χ2v) is 7.68. The number of carbonyl (C=O) groups excluding carboxylic acids is 1. The molecule has 0 spiro atoms. The van der Waals surface area contributed by atoms with Crippen LogP contribution >= 0.6 is 0 Å². The van der Waals surface area contributed by atoms with E-state index in [2.05, 4.69) is 46.8 Å². The first kappa shape index (κ1) is 19.0. The molecule has 0 saturated carbocycles. The Morgan fingerprint density at radius 1 is 1.31 bits per heavy atom. The quantitative estimate of drug-likeness (QED) is 0.845. The van der Waals surface area contributed by atoms with Gasteiger partial charge in [0.15, 0.2) is 0 Å². The number of benzene rings is 1. The average molecular weight is 387 g/mol. The monoisotopic (exact) mass is 387 g/mol. The van der Waals surface area contributed by atoms with Crippen LogP contribution in [0.5, 0.6) is 0 Å². The maximum Gasteiger partial charge on any atom is 0.219 e. The van der Waals surface area contributed by atoms with Crippen molar-refractivity contribution in [1.29, 1.82) is 5.26 Å². The molecule has 0 fully saturated rings. The van der Waals surface area contributed by atoms with E-state index in [9.17, 15) is 4.79 Å². The van der Waals surface area contributed by atoms with E-state index in [-0.39, 0.29) is 11.8 Å². The Bertz CT molecular complexity index is 1020. The summed E-state index contributed by atoms with van der Waals surface area (Å²) in [5.41, 5.74) is 6.89. The number of hydrogen-bond donors (Lipinski definition) is 1. The lowest BCUT2D eigenvalue weighted by Crippen LogP contribution is -2.36. The number of anilines is 1. The van der Waals surface area contributed by atoms with E-state index in [1.54, 1.807) is 11.6 Å². The Morgan fingerprint density at radius 3 is 2.76 bits per heavy atom. The van der Waals surface area contributed by atoms with Gasteiger partial charge in [-0.3, -0.25) is 9.48 Å². The zero-order chi connectivity index (χ0) is 20.4. The van der Waals surface area contributed by atoms with E-state index in [0.717, 1.165) is 41.9 Å². The molecule has 1 atom stereocenters. The van der Waals surface area contributed by atoms with Crippen molar-refractivity contribution in [3.05, 3.63) is 59.6 Å². The lowest BCUT2D eigenvalue weighted by molar-refractivity contribution is -0.128. The maximum atomic E-state index is 11.9. The molecule has 29 heavy (non-hydrogen) atoms. The van der Waals surface area contributed by atoms with E-state index in [1.807, 2.05) is 24.3 Å². The van der Waals surface area contributed by atoms with Crippen LogP contribution in [0, 0.1) is 17.2 Å². The van der Waals surface area contributed by atoms with Crippen molar-refractivity contribution < 1.29 is 4.79 Å². The summed E-state index contributed by atoms with van der Waals surface area (Å²) in [4.78, 5) is 13.8. The third kappa shape index (κ3) is 3.95. The zero-order valence-electron chi connectivity index (χ0n) is 16.9. The van der Waals surface area contributed by atoms with Crippen LogP contribution in [0.3, 0.4) is 0 Å². The highest BCUT2D eigenvalue weighted by Crippen LogP contribution is 2.39. The molecular weight excluding hydrogens is 362 g/mol. The van der Waals surface area contributed by atoms with Gasteiger partial charge >= 0.3 is 0 Å². The molecular formula is C23H25N5O. The highest BCUT2D eigenvalue weighted by molar-refractivity contribution is 5.75. The normalized spacial score (nSPS) is 18.3. The van der Waals surface area contributed by atoms with Crippen LogP contribution in [0.25, 0.3) is 11.1 Å². The van der Waals surface area contributed by atoms with Gasteiger partial charge in [-0.15, -0.1) is 0 Å². The van der Waals surface area contributed by atoms with Crippen LogP contribution in [-0.4, -0.2) is 33.7 Å². The molecule has 2 aliphatic rings. The van der Waals surface area contributed by atoms with Crippen molar-refractivity contribution in [1.82, 2.24) is 14.7 Å². The molecule has 1 aromatic heterocycles. The molecule has 6 heteroatoms. The number of aromatic nitrogens is 2. The lowest BCUT2D eigenvalue weighted by Gasteiger charge is -2.30. The van der Waals surface area contributed by atoms with Crippen LogP contribution in [-0.2, 0) is 11.8 Å². The Hall–Kier alpha value is -3.33. The van der Waals surface area contributed by atoms with Gasteiger partial charge in [0.2, 0.25) is 5.91 Å². The van der Waals surface area contributed by atoms with Crippen molar-refractivity contribution >= 4 is 11.6 Å². The second kappa shape index (κ2) is 7.96. The SMILES string of the molecule is CC(=O)N1CCC2=C(C1)C(Nc1ccc(-c3cnn(C)c3)cc1)=CC2CCC#N. The topological polar surface area (TPSA) is 74.0 Å². The first-order valence-electron chi connectivity index (χ1n) is 9.98. The Kier molecular flexibility index (Phi) is 5.22. The summed E-state index contributed by atoms with van der Waals surface area (Å²) in [6.07, 6.45) is 8.35. The molecule has 0 radical (unpaired) electrons. The smallest absolute Gasteiger partial charge is 0.219 e. The van der Waals surface area contributed by atoms with E-state index < -0.39 is 0 Å². The van der Waals surface area contributed by atoms with Crippen molar-refractivity contribution in [2.45, 2.75) is 26.2 Å². The highest BCUT2D eigenvalue weighted by atomic mass is 16.2. The van der Waals surface area contributed by atoms with Gasteiger partial charge < -0.3 is 10.2 Å². The molecule has 6 nitrogen and oxygen atoms in total. The summed E-state index contributed by atoms with van der Waals surface area (Å²) in [5, 5.41) is 16.8. The summed E-state index contributed by atoms with van der Waals surface area (Å²) in [6, 6.07) is 10.6. The number of amides is 1. The van der Waals surface area contributed by atoms with E-state index >= 15 is 0 Å². The molecule has 1 amide bonds. The molecule has 2 heterocycles. The molecule has 2 aromatic rings. The van der Waals surface area contributed by atoms with E-state index in [1.165, 1.54) is 11.1 Å². The summed E-state index contributed by atoms with van der Waals surface area (Å²) >= 11 is 0. The molecule has 1 aromatic carbocycles. The number of hydrogen-bond acceptors (Lipinski definition) is 4. The predicted molar refractivity (Wildman–Crippen MR) is 113 cm³/mol. The molecule has 0 bridgehead atoms. The number of allylic oxidation sites excluding steroid dienone is 1. The fraction of sp³-hybridized carbons (Fsp3) is 0.348. The van der Waals surface area contributed by atoms with E-state index in [0.29, 0.717) is 13.0 Å².